The SMILES string of the molecule is Cc1ccc(CNC2CCCCCC2C)nc1. The first kappa shape index (κ1) is 12.6. The van der Waals surface area contributed by atoms with Gasteiger partial charge < -0.3 is 5.32 Å². The average Bonchev–Trinajstić information content (AvgIpc) is 2.54. The molecule has 1 N–H and O–H groups in total. The van der Waals surface area contributed by atoms with Gasteiger partial charge in [-0.25, -0.2) is 0 Å². The molecule has 0 amide bonds. The molecule has 2 rings (SSSR count). The van der Waals surface area contributed by atoms with Gasteiger partial charge in [0.25, 0.3) is 0 Å². The smallest absolute Gasteiger partial charge is 0.0541 e. The van der Waals surface area contributed by atoms with Crippen molar-refractivity contribution in [1.29, 1.82) is 0 Å². The predicted molar refractivity (Wildman–Crippen MR) is 71.9 cm³/mol. The van der Waals surface area contributed by atoms with Gasteiger partial charge in [0, 0.05) is 18.8 Å². The van der Waals surface area contributed by atoms with E-state index in [1.807, 2.05) is 6.20 Å². The van der Waals surface area contributed by atoms with Gasteiger partial charge in [0.1, 0.15) is 0 Å². The van der Waals surface area contributed by atoms with Crippen LogP contribution in [0, 0.1) is 12.8 Å². The molecule has 1 fully saturated rings. The molecule has 0 radical (unpaired) electrons. The summed E-state index contributed by atoms with van der Waals surface area (Å²) in [5, 5.41) is 3.68. The van der Waals surface area contributed by atoms with Crippen LogP contribution in [0.25, 0.3) is 0 Å². The Morgan fingerprint density at radius 3 is 2.82 bits per heavy atom. The number of hydrogen-bond donors (Lipinski definition) is 1. The summed E-state index contributed by atoms with van der Waals surface area (Å²) in [5.74, 6) is 0.808. The third-order valence-corrected chi connectivity index (χ3v) is 3.88. The normalized spacial score (nSPS) is 25.5. The van der Waals surface area contributed by atoms with Crippen LogP contribution >= 0.6 is 0 Å². The van der Waals surface area contributed by atoms with E-state index in [4.69, 9.17) is 0 Å². The Bertz CT molecular complexity index is 331. The molecule has 1 heterocycles. The topological polar surface area (TPSA) is 24.9 Å². The molecular weight excluding hydrogens is 208 g/mol. The Hall–Kier alpha value is -0.890. The van der Waals surface area contributed by atoms with Crippen molar-refractivity contribution in [3.8, 4) is 0 Å². The first-order chi connectivity index (χ1) is 8.25. The van der Waals surface area contributed by atoms with E-state index in [2.05, 4.69) is 36.3 Å². The number of aromatic nitrogens is 1. The zero-order valence-corrected chi connectivity index (χ0v) is 11.1. The van der Waals surface area contributed by atoms with Crippen LogP contribution in [-0.4, -0.2) is 11.0 Å². The standard InChI is InChI=1S/C15H24N2/c1-12-8-9-14(16-10-12)11-17-15-7-5-3-4-6-13(15)2/h8-10,13,15,17H,3-7,11H2,1-2H3. The Morgan fingerprint density at radius 1 is 1.24 bits per heavy atom. The van der Waals surface area contributed by atoms with E-state index < -0.39 is 0 Å². The van der Waals surface area contributed by atoms with E-state index in [1.165, 1.54) is 37.7 Å². The molecule has 0 aromatic carbocycles. The highest BCUT2D eigenvalue weighted by atomic mass is 14.9. The molecule has 0 saturated heterocycles. The molecule has 1 saturated carbocycles. The van der Waals surface area contributed by atoms with E-state index in [0.717, 1.165) is 18.2 Å². The van der Waals surface area contributed by atoms with Gasteiger partial charge in [-0.2, -0.15) is 0 Å². The highest BCUT2D eigenvalue weighted by molar-refractivity contribution is 5.12. The van der Waals surface area contributed by atoms with Gasteiger partial charge in [0.15, 0.2) is 0 Å². The second kappa shape index (κ2) is 6.15. The lowest BCUT2D eigenvalue weighted by Crippen LogP contribution is -2.34. The van der Waals surface area contributed by atoms with E-state index in [-0.39, 0.29) is 0 Å². The molecule has 94 valence electrons. The lowest BCUT2D eigenvalue weighted by molar-refractivity contribution is 0.354. The van der Waals surface area contributed by atoms with Gasteiger partial charge in [0.2, 0.25) is 0 Å². The van der Waals surface area contributed by atoms with Crippen molar-refractivity contribution in [1.82, 2.24) is 10.3 Å². The van der Waals surface area contributed by atoms with Crippen LogP contribution < -0.4 is 5.32 Å². The molecule has 2 unspecified atom stereocenters. The maximum absolute atomic E-state index is 4.45. The van der Waals surface area contributed by atoms with Crippen molar-refractivity contribution in [2.75, 3.05) is 0 Å². The summed E-state index contributed by atoms with van der Waals surface area (Å²) in [6.45, 7) is 5.37. The number of hydrogen-bond acceptors (Lipinski definition) is 2. The lowest BCUT2D eigenvalue weighted by Gasteiger charge is -2.22. The fourth-order valence-electron chi connectivity index (χ4n) is 2.63. The maximum Gasteiger partial charge on any atom is 0.0541 e. The number of rotatable bonds is 3. The molecule has 1 aromatic heterocycles. The molecule has 1 aromatic rings. The number of nitrogens with zero attached hydrogens (tertiary/aromatic N) is 1. The highest BCUT2D eigenvalue weighted by Gasteiger charge is 2.19. The first-order valence-electron chi connectivity index (χ1n) is 6.90. The van der Waals surface area contributed by atoms with E-state index in [1.54, 1.807) is 0 Å². The van der Waals surface area contributed by atoms with E-state index >= 15 is 0 Å². The zero-order chi connectivity index (χ0) is 12.1. The van der Waals surface area contributed by atoms with Crippen LogP contribution in [0.1, 0.15) is 50.3 Å². The summed E-state index contributed by atoms with van der Waals surface area (Å²) in [4.78, 5) is 4.45. The van der Waals surface area contributed by atoms with Gasteiger partial charge in [-0.3, -0.25) is 4.98 Å². The Morgan fingerprint density at radius 2 is 2.06 bits per heavy atom. The average molecular weight is 232 g/mol. The van der Waals surface area contributed by atoms with Crippen molar-refractivity contribution in [3.05, 3.63) is 29.6 Å². The number of nitrogens with one attached hydrogen (secondary N) is 1. The minimum atomic E-state index is 0.681. The molecule has 1 aliphatic rings. The molecule has 2 nitrogen and oxygen atoms in total. The largest absolute Gasteiger partial charge is 0.308 e. The van der Waals surface area contributed by atoms with Gasteiger partial charge in [-0.1, -0.05) is 32.3 Å². The molecule has 2 atom stereocenters. The van der Waals surface area contributed by atoms with Gasteiger partial charge >= 0.3 is 0 Å². The summed E-state index contributed by atoms with van der Waals surface area (Å²) in [5.41, 5.74) is 2.39. The monoisotopic (exact) mass is 232 g/mol. The molecular formula is C15H24N2. The lowest BCUT2D eigenvalue weighted by atomic mass is 9.97. The quantitative estimate of drug-likeness (QED) is 0.807. The van der Waals surface area contributed by atoms with Crippen molar-refractivity contribution in [3.63, 3.8) is 0 Å². The molecule has 1 aliphatic carbocycles. The second-order valence-corrected chi connectivity index (χ2v) is 5.43. The first-order valence-corrected chi connectivity index (χ1v) is 6.90. The van der Waals surface area contributed by atoms with Crippen LogP contribution in [0.4, 0.5) is 0 Å². The number of aryl methyl sites for hydroxylation is 1. The van der Waals surface area contributed by atoms with Crippen LogP contribution in [-0.2, 0) is 6.54 Å². The summed E-state index contributed by atoms with van der Waals surface area (Å²) >= 11 is 0. The van der Waals surface area contributed by atoms with Crippen molar-refractivity contribution < 1.29 is 0 Å². The Balaban J connectivity index is 1.85. The Labute approximate surface area is 105 Å². The molecule has 17 heavy (non-hydrogen) atoms. The fourth-order valence-corrected chi connectivity index (χ4v) is 2.63. The summed E-state index contributed by atoms with van der Waals surface area (Å²) < 4.78 is 0. The van der Waals surface area contributed by atoms with Crippen LogP contribution in [0.15, 0.2) is 18.3 Å². The van der Waals surface area contributed by atoms with Crippen molar-refractivity contribution >= 4 is 0 Å². The highest BCUT2D eigenvalue weighted by Crippen LogP contribution is 2.23. The van der Waals surface area contributed by atoms with Gasteiger partial charge in [-0.15, -0.1) is 0 Å². The summed E-state index contributed by atoms with van der Waals surface area (Å²) in [6.07, 6.45) is 8.84. The molecule has 2 heteroatoms. The second-order valence-electron chi connectivity index (χ2n) is 5.43. The van der Waals surface area contributed by atoms with E-state index in [0.29, 0.717) is 6.04 Å². The third-order valence-electron chi connectivity index (χ3n) is 3.88. The Kier molecular flexibility index (Phi) is 4.55. The maximum atomic E-state index is 4.45. The van der Waals surface area contributed by atoms with Gasteiger partial charge in [0.05, 0.1) is 5.69 Å². The molecule has 0 aliphatic heterocycles. The van der Waals surface area contributed by atoms with Crippen molar-refractivity contribution in [2.45, 2.75) is 58.5 Å². The number of pyridine rings is 1. The van der Waals surface area contributed by atoms with E-state index in [9.17, 15) is 0 Å². The van der Waals surface area contributed by atoms with Crippen LogP contribution in [0.3, 0.4) is 0 Å². The predicted octanol–water partition coefficient (Wildman–Crippen LogP) is 3.45. The fraction of sp³-hybridized carbons (Fsp3) is 0.667. The van der Waals surface area contributed by atoms with Crippen molar-refractivity contribution in [2.24, 2.45) is 5.92 Å². The van der Waals surface area contributed by atoms with Crippen LogP contribution in [0.5, 0.6) is 0 Å². The third kappa shape index (κ3) is 3.81. The van der Waals surface area contributed by atoms with Gasteiger partial charge in [-0.05, 0) is 37.3 Å². The zero-order valence-electron chi connectivity index (χ0n) is 11.1. The molecule has 0 spiro atoms. The minimum absolute atomic E-state index is 0.681. The molecule has 0 bridgehead atoms. The summed E-state index contributed by atoms with van der Waals surface area (Å²) in [6, 6.07) is 4.95. The minimum Gasteiger partial charge on any atom is -0.308 e. The van der Waals surface area contributed by atoms with Crippen LogP contribution in [0.2, 0.25) is 0 Å². The summed E-state index contributed by atoms with van der Waals surface area (Å²) in [7, 11) is 0.